The highest BCUT2D eigenvalue weighted by Gasteiger charge is 2.49. The second-order valence-electron chi connectivity index (χ2n) is 7.60. The van der Waals surface area contributed by atoms with Gasteiger partial charge in [-0.3, -0.25) is 4.79 Å². The average molecular weight is 367 g/mol. The van der Waals surface area contributed by atoms with Crippen LogP contribution in [0.5, 0.6) is 0 Å². The number of methoxy groups -OCH3 is 1. The molecule has 3 rings (SSSR count). The van der Waals surface area contributed by atoms with E-state index in [4.69, 9.17) is 4.74 Å². The largest absolute Gasteiger partial charge is 0.480 e. The number of carboxylic acids is 1. The van der Waals surface area contributed by atoms with E-state index in [1.54, 1.807) is 7.11 Å². The van der Waals surface area contributed by atoms with Crippen molar-refractivity contribution >= 4 is 5.97 Å². The van der Waals surface area contributed by atoms with Crippen molar-refractivity contribution in [2.75, 3.05) is 13.7 Å². The molecule has 0 fully saturated rings. The van der Waals surface area contributed by atoms with Crippen LogP contribution in [0.1, 0.15) is 68.6 Å². The van der Waals surface area contributed by atoms with E-state index in [-0.39, 0.29) is 6.61 Å². The molecule has 2 unspecified atom stereocenters. The van der Waals surface area contributed by atoms with Gasteiger partial charge in [-0.1, -0.05) is 75.6 Å². The van der Waals surface area contributed by atoms with Gasteiger partial charge in [0, 0.05) is 7.11 Å². The van der Waals surface area contributed by atoms with Gasteiger partial charge in [-0.15, -0.1) is 0 Å². The summed E-state index contributed by atoms with van der Waals surface area (Å²) in [7, 11) is 1.58. The van der Waals surface area contributed by atoms with Gasteiger partial charge in [-0.2, -0.15) is 0 Å². The summed E-state index contributed by atoms with van der Waals surface area (Å²) in [6.07, 6.45) is 5.90. The van der Waals surface area contributed by atoms with Gasteiger partial charge >= 0.3 is 5.97 Å². The Morgan fingerprint density at radius 2 is 1.81 bits per heavy atom. The van der Waals surface area contributed by atoms with Gasteiger partial charge in [0.2, 0.25) is 0 Å². The molecule has 0 saturated carbocycles. The zero-order valence-corrected chi connectivity index (χ0v) is 16.6. The molecular formula is C24H30O3. The Hall–Kier alpha value is -2.13. The van der Waals surface area contributed by atoms with Crippen molar-refractivity contribution in [2.24, 2.45) is 0 Å². The highest BCUT2D eigenvalue weighted by Crippen LogP contribution is 2.50. The molecule has 1 aliphatic rings. The quantitative estimate of drug-likeness (QED) is 0.574. The average Bonchev–Trinajstić information content (AvgIpc) is 2.96. The summed E-state index contributed by atoms with van der Waals surface area (Å²) in [5.74, 6) is -0.369. The van der Waals surface area contributed by atoms with Crippen LogP contribution in [0.4, 0.5) is 0 Å². The minimum absolute atomic E-state index is 0.141. The maximum absolute atomic E-state index is 12.5. The van der Waals surface area contributed by atoms with Crippen LogP contribution < -0.4 is 0 Å². The lowest BCUT2D eigenvalue weighted by Crippen LogP contribution is -2.39. The zero-order chi connectivity index (χ0) is 19.4. The van der Waals surface area contributed by atoms with Crippen molar-refractivity contribution in [2.45, 2.75) is 57.3 Å². The molecule has 3 nitrogen and oxygen atoms in total. The Bertz CT molecular complexity index is 811. The van der Waals surface area contributed by atoms with Gasteiger partial charge in [0.25, 0.3) is 0 Å². The molecule has 2 aromatic rings. The summed E-state index contributed by atoms with van der Waals surface area (Å²) in [5, 5.41) is 10.3. The van der Waals surface area contributed by atoms with Crippen LogP contribution >= 0.6 is 0 Å². The molecule has 27 heavy (non-hydrogen) atoms. The fourth-order valence-corrected chi connectivity index (χ4v) is 4.55. The number of unbranched alkanes of at least 4 members (excludes halogenated alkanes) is 2. The molecule has 0 bridgehead atoms. The summed E-state index contributed by atoms with van der Waals surface area (Å²) in [4.78, 5) is 12.5. The van der Waals surface area contributed by atoms with Crippen LogP contribution in [-0.2, 0) is 14.9 Å². The summed E-state index contributed by atoms with van der Waals surface area (Å²) in [6, 6.07) is 14.3. The molecular weight excluding hydrogens is 336 g/mol. The van der Waals surface area contributed by atoms with Crippen LogP contribution in [0.15, 0.2) is 42.5 Å². The second kappa shape index (κ2) is 8.26. The Morgan fingerprint density at radius 3 is 2.48 bits per heavy atom. The number of benzene rings is 2. The Labute approximate surface area is 162 Å². The number of hydrogen-bond donors (Lipinski definition) is 1. The predicted octanol–water partition coefficient (Wildman–Crippen LogP) is 5.76. The van der Waals surface area contributed by atoms with Gasteiger partial charge in [-0.25, -0.2) is 0 Å². The molecule has 1 N–H and O–H groups in total. The summed E-state index contributed by atoms with van der Waals surface area (Å²) >= 11 is 0. The molecule has 0 radical (unpaired) electrons. The molecule has 144 valence electrons. The molecule has 2 atom stereocenters. The van der Waals surface area contributed by atoms with E-state index in [9.17, 15) is 9.90 Å². The SMILES string of the molecule is CCCCCC(CC)c1ccc2c(c1)C(COC)(C(=O)O)c1ccccc1-2. The maximum Gasteiger partial charge on any atom is 0.321 e. The van der Waals surface area contributed by atoms with Crippen LogP contribution in [0.25, 0.3) is 11.1 Å². The molecule has 0 aliphatic heterocycles. The first-order chi connectivity index (χ1) is 13.1. The number of ether oxygens (including phenoxy) is 1. The van der Waals surface area contributed by atoms with E-state index in [2.05, 4.69) is 32.0 Å². The van der Waals surface area contributed by atoms with Crippen molar-refractivity contribution in [3.63, 3.8) is 0 Å². The molecule has 0 saturated heterocycles. The smallest absolute Gasteiger partial charge is 0.321 e. The predicted molar refractivity (Wildman–Crippen MR) is 109 cm³/mol. The molecule has 3 heteroatoms. The van der Waals surface area contributed by atoms with Crippen molar-refractivity contribution in [1.82, 2.24) is 0 Å². The van der Waals surface area contributed by atoms with Crippen molar-refractivity contribution < 1.29 is 14.6 Å². The number of rotatable bonds is 9. The van der Waals surface area contributed by atoms with Gasteiger partial charge in [-0.05, 0) is 46.6 Å². The van der Waals surface area contributed by atoms with Crippen LogP contribution in [-0.4, -0.2) is 24.8 Å². The maximum atomic E-state index is 12.5. The monoisotopic (exact) mass is 366 g/mol. The first-order valence-electron chi connectivity index (χ1n) is 10.1. The number of fused-ring (bicyclic) bond motifs is 3. The molecule has 0 heterocycles. The van der Waals surface area contributed by atoms with E-state index in [0.717, 1.165) is 35.1 Å². The minimum atomic E-state index is -1.13. The standard InChI is InChI=1S/C24H30O3/c1-4-6-7-10-17(5-2)18-13-14-20-19-11-8-9-12-21(19)24(16-27-3,23(25)26)22(20)15-18/h8-9,11-15,17H,4-7,10,16H2,1-3H3,(H,25,26). The van der Waals surface area contributed by atoms with E-state index in [1.807, 2.05) is 24.3 Å². The van der Waals surface area contributed by atoms with Gasteiger partial charge in [0.15, 0.2) is 0 Å². The number of carboxylic acid groups (broad SMARTS) is 1. The molecule has 0 amide bonds. The summed E-state index contributed by atoms with van der Waals surface area (Å²) in [5.41, 5.74) is 3.88. The van der Waals surface area contributed by atoms with E-state index in [0.29, 0.717) is 5.92 Å². The van der Waals surface area contributed by atoms with Gasteiger partial charge < -0.3 is 9.84 Å². The van der Waals surface area contributed by atoms with E-state index < -0.39 is 11.4 Å². The summed E-state index contributed by atoms with van der Waals surface area (Å²) < 4.78 is 5.43. The van der Waals surface area contributed by atoms with Crippen LogP contribution in [0.2, 0.25) is 0 Å². The fourth-order valence-electron chi connectivity index (χ4n) is 4.55. The molecule has 0 spiro atoms. The normalized spacial score (nSPS) is 18.8. The number of hydrogen-bond acceptors (Lipinski definition) is 2. The Balaban J connectivity index is 2.11. The highest BCUT2D eigenvalue weighted by atomic mass is 16.5. The molecule has 1 aliphatic carbocycles. The lowest BCUT2D eigenvalue weighted by atomic mass is 9.77. The van der Waals surface area contributed by atoms with Gasteiger partial charge in [0.1, 0.15) is 5.41 Å². The minimum Gasteiger partial charge on any atom is -0.480 e. The third-order valence-electron chi connectivity index (χ3n) is 6.03. The third-order valence-corrected chi connectivity index (χ3v) is 6.03. The van der Waals surface area contributed by atoms with E-state index >= 15 is 0 Å². The van der Waals surface area contributed by atoms with Crippen molar-refractivity contribution in [3.05, 3.63) is 59.2 Å². The number of carbonyl (C=O) groups is 1. The molecule has 0 aromatic heterocycles. The second-order valence-corrected chi connectivity index (χ2v) is 7.60. The lowest BCUT2D eigenvalue weighted by molar-refractivity contribution is -0.143. The zero-order valence-electron chi connectivity index (χ0n) is 16.6. The Morgan fingerprint density at radius 1 is 1.07 bits per heavy atom. The first-order valence-corrected chi connectivity index (χ1v) is 10.1. The Kier molecular flexibility index (Phi) is 6.01. The third kappa shape index (κ3) is 3.29. The topological polar surface area (TPSA) is 46.5 Å². The summed E-state index contributed by atoms with van der Waals surface area (Å²) in [6.45, 7) is 4.58. The van der Waals surface area contributed by atoms with Crippen molar-refractivity contribution in [1.29, 1.82) is 0 Å². The van der Waals surface area contributed by atoms with Crippen LogP contribution in [0, 0.1) is 0 Å². The first kappa shape index (κ1) is 19.6. The van der Waals surface area contributed by atoms with Crippen LogP contribution in [0.3, 0.4) is 0 Å². The van der Waals surface area contributed by atoms with E-state index in [1.165, 1.54) is 24.8 Å². The lowest BCUT2D eigenvalue weighted by Gasteiger charge is -2.27. The fraction of sp³-hybridized carbons (Fsp3) is 0.458. The van der Waals surface area contributed by atoms with Crippen molar-refractivity contribution in [3.8, 4) is 11.1 Å². The molecule has 2 aromatic carbocycles. The number of aliphatic carboxylic acids is 1. The highest BCUT2D eigenvalue weighted by molar-refractivity contribution is 5.97. The van der Waals surface area contributed by atoms with Gasteiger partial charge in [0.05, 0.1) is 6.61 Å².